The van der Waals surface area contributed by atoms with Crippen LogP contribution in [-0.2, 0) is 16.3 Å². The molecule has 8 nitrogen and oxygen atoms in total. The van der Waals surface area contributed by atoms with E-state index in [0.29, 0.717) is 18.4 Å². The van der Waals surface area contributed by atoms with Crippen molar-refractivity contribution in [2.24, 2.45) is 11.8 Å². The number of carboxylic acids is 1. The molecule has 1 aromatic heterocycles. The van der Waals surface area contributed by atoms with Crippen LogP contribution in [0.4, 0.5) is 4.79 Å². The smallest absolute Gasteiger partial charge is 0.412 e. The summed E-state index contributed by atoms with van der Waals surface area (Å²) in [5.74, 6) is 4.38. The summed E-state index contributed by atoms with van der Waals surface area (Å²) in [7, 11) is 0. The predicted molar refractivity (Wildman–Crippen MR) is 118 cm³/mol. The van der Waals surface area contributed by atoms with Crippen molar-refractivity contribution in [3.63, 3.8) is 0 Å². The highest BCUT2D eigenvalue weighted by Crippen LogP contribution is 2.10. The number of carbonyl (C=O) groups excluding carboxylic acids is 2. The normalized spacial score (nSPS) is 17.2. The average Bonchev–Trinajstić information content (AvgIpc) is 3.04. The van der Waals surface area contributed by atoms with Gasteiger partial charge in [-0.3, -0.25) is 4.79 Å². The number of rotatable bonds is 10. The molecule has 0 fully saturated rings. The minimum Gasteiger partial charge on any atom is -0.480 e. The van der Waals surface area contributed by atoms with E-state index >= 15 is 0 Å². The lowest BCUT2D eigenvalue weighted by Crippen LogP contribution is -2.45. The third-order valence-electron chi connectivity index (χ3n) is 5.14. The molecule has 2 amide bonds. The molecule has 32 heavy (non-hydrogen) atoms. The van der Waals surface area contributed by atoms with Gasteiger partial charge in [0.1, 0.15) is 6.04 Å². The van der Waals surface area contributed by atoms with Crippen LogP contribution < -0.4 is 15.2 Å². The van der Waals surface area contributed by atoms with Gasteiger partial charge >= 0.3 is 12.1 Å². The summed E-state index contributed by atoms with van der Waals surface area (Å²) >= 11 is 0. The molecule has 0 saturated heterocycles. The number of alkyl carbamates (subject to hydrolysis) is 1. The zero-order chi connectivity index (χ0) is 23.5. The Morgan fingerprint density at radius 2 is 1.91 bits per heavy atom. The van der Waals surface area contributed by atoms with Crippen LogP contribution in [-0.4, -0.2) is 35.2 Å². The van der Waals surface area contributed by atoms with E-state index in [0.717, 1.165) is 0 Å². The van der Waals surface area contributed by atoms with E-state index in [1.165, 1.54) is 0 Å². The van der Waals surface area contributed by atoms with E-state index in [-0.39, 0.29) is 24.6 Å². The summed E-state index contributed by atoms with van der Waals surface area (Å²) in [6.45, 7) is 5.51. The van der Waals surface area contributed by atoms with E-state index in [1.54, 1.807) is 42.1 Å². The number of carbonyl (C=O) groups is 3. The van der Waals surface area contributed by atoms with Crippen molar-refractivity contribution >= 4 is 18.0 Å². The fourth-order valence-electron chi connectivity index (χ4n) is 3.06. The van der Waals surface area contributed by atoms with Gasteiger partial charge in [-0.25, -0.2) is 9.59 Å². The first-order valence-electron chi connectivity index (χ1n) is 10.6. The summed E-state index contributed by atoms with van der Waals surface area (Å²) < 4.78 is 6.82. The van der Waals surface area contributed by atoms with Crippen molar-refractivity contribution in [3.05, 3.63) is 54.4 Å². The molecule has 4 atom stereocenters. The van der Waals surface area contributed by atoms with E-state index in [1.807, 2.05) is 32.1 Å². The minimum absolute atomic E-state index is 0.0296. The van der Waals surface area contributed by atoms with Gasteiger partial charge in [0.05, 0.1) is 5.56 Å². The highest BCUT2D eigenvalue weighted by molar-refractivity contribution is 5.96. The molecule has 1 aliphatic rings. The maximum atomic E-state index is 12.4. The molecule has 0 radical (unpaired) electrons. The predicted octanol–water partition coefficient (Wildman–Crippen LogP) is 2.41. The third-order valence-corrected chi connectivity index (χ3v) is 5.14. The maximum absolute atomic E-state index is 12.4. The zero-order valence-electron chi connectivity index (χ0n) is 18.6. The monoisotopic (exact) mass is 440 g/mol. The Morgan fingerprint density at radius 1 is 1.19 bits per heavy atom. The molecule has 8 heteroatoms. The number of pyridine rings is 1. The second kappa shape index (κ2) is 12.3. The molecule has 2 rings (SSSR count). The number of amides is 2. The first kappa shape index (κ1) is 24.7. The Balaban J connectivity index is 1.81. The third kappa shape index (κ3) is 7.91. The van der Waals surface area contributed by atoms with Crippen LogP contribution >= 0.6 is 0 Å². The highest BCUT2D eigenvalue weighted by atomic mass is 16.6. The van der Waals surface area contributed by atoms with Crippen molar-refractivity contribution in [2.75, 3.05) is 0 Å². The number of allylic oxidation sites excluding steroid dienone is 4. The second-order valence-electron chi connectivity index (χ2n) is 7.76. The van der Waals surface area contributed by atoms with E-state index < -0.39 is 24.0 Å². The lowest BCUT2D eigenvalue weighted by Gasteiger charge is -2.19. The molecule has 1 aliphatic carbocycles. The number of carboxylic acid groups (broad SMARTS) is 1. The van der Waals surface area contributed by atoms with Crippen LogP contribution in [0.2, 0.25) is 0 Å². The van der Waals surface area contributed by atoms with Gasteiger partial charge in [-0.1, -0.05) is 50.3 Å². The number of nitrogens with one attached hydrogen (secondary N) is 2. The highest BCUT2D eigenvalue weighted by Gasteiger charge is 2.26. The van der Waals surface area contributed by atoms with Gasteiger partial charge in [-0.05, 0) is 25.3 Å². The molecule has 1 unspecified atom stereocenters. The van der Waals surface area contributed by atoms with Crippen molar-refractivity contribution in [3.8, 4) is 11.8 Å². The van der Waals surface area contributed by atoms with Crippen LogP contribution in [0.25, 0.3) is 0 Å². The molecular formula is C24H30N3O5+. The average molecular weight is 441 g/mol. The zero-order valence-corrected chi connectivity index (χ0v) is 18.6. The molecule has 0 bridgehead atoms. The maximum Gasteiger partial charge on any atom is 0.412 e. The summed E-state index contributed by atoms with van der Waals surface area (Å²) in [6, 6.07) is 2.01. The molecular weight excluding hydrogens is 410 g/mol. The van der Waals surface area contributed by atoms with Crippen LogP contribution in [0.1, 0.15) is 44.0 Å². The summed E-state index contributed by atoms with van der Waals surface area (Å²) in [6.07, 6.45) is 11.5. The van der Waals surface area contributed by atoms with Crippen LogP contribution in [0.3, 0.4) is 0 Å². The first-order valence-corrected chi connectivity index (χ1v) is 10.6. The summed E-state index contributed by atoms with van der Waals surface area (Å²) in [5, 5.41) is 14.6. The van der Waals surface area contributed by atoms with Crippen LogP contribution in [0, 0.1) is 23.7 Å². The van der Waals surface area contributed by atoms with Gasteiger partial charge in [0.2, 0.25) is 0 Å². The molecule has 170 valence electrons. The number of aliphatic carboxylic acids is 1. The van der Waals surface area contributed by atoms with Crippen molar-refractivity contribution in [1.82, 2.24) is 10.6 Å². The fraction of sp³-hybridized carbons (Fsp3) is 0.417. The Morgan fingerprint density at radius 3 is 2.56 bits per heavy atom. The largest absolute Gasteiger partial charge is 0.480 e. The van der Waals surface area contributed by atoms with Gasteiger partial charge in [-0.2, -0.15) is 4.57 Å². The SMILES string of the molecule is CC[C@H](C)[C@H](NC(=O)c1cc[n+](COC(=O)N[C@@H](C)CC2C#CC=CC=C2)cc1)C(=O)O. The number of hydrogen-bond donors (Lipinski definition) is 3. The molecule has 0 spiro atoms. The van der Waals surface area contributed by atoms with Crippen molar-refractivity contribution in [2.45, 2.75) is 52.4 Å². The van der Waals surface area contributed by atoms with E-state index in [9.17, 15) is 19.5 Å². The van der Waals surface area contributed by atoms with Gasteiger partial charge in [0.15, 0.2) is 12.4 Å². The first-order chi connectivity index (χ1) is 15.3. The second-order valence-corrected chi connectivity index (χ2v) is 7.76. The standard InChI is InChI=1S/C24H29N3O5/c1-4-17(2)21(23(29)30)26-22(28)20-11-13-27(14-12-20)16-32-24(31)25-18(3)15-19-9-7-5-6-8-10-19/h5-7,9,11-14,17-19,21H,4,15-16H2,1-3H3,(H2-,25,26,28,29,30,31)/p+1/t17-,18-,19?,21-/m0/s1. The number of ether oxygens (including phenoxy) is 1. The van der Waals surface area contributed by atoms with E-state index in [4.69, 9.17) is 4.74 Å². The van der Waals surface area contributed by atoms with Crippen LogP contribution in [0.15, 0.2) is 48.8 Å². The Labute approximate surface area is 188 Å². The fourth-order valence-corrected chi connectivity index (χ4v) is 3.06. The molecule has 1 heterocycles. The van der Waals surface area contributed by atoms with Crippen molar-refractivity contribution < 1.29 is 28.8 Å². The molecule has 0 saturated carbocycles. The molecule has 0 aromatic carbocycles. The van der Waals surface area contributed by atoms with E-state index in [2.05, 4.69) is 22.5 Å². The number of nitrogens with zero attached hydrogens (tertiary/aromatic N) is 1. The number of hydrogen-bond acceptors (Lipinski definition) is 4. The van der Waals surface area contributed by atoms with Gasteiger partial charge in [0.25, 0.3) is 12.6 Å². The quantitative estimate of drug-likeness (QED) is 0.382. The van der Waals surface area contributed by atoms with Gasteiger partial charge in [-0.15, -0.1) is 0 Å². The van der Waals surface area contributed by atoms with Crippen LogP contribution in [0.5, 0.6) is 0 Å². The number of aromatic nitrogens is 1. The summed E-state index contributed by atoms with van der Waals surface area (Å²) in [5.41, 5.74) is 0.320. The van der Waals surface area contributed by atoms with Crippen molar-refractivity contribution in [1.29, 1.82) is 0 Å². The Kier molecular flexibility index (Phi) is 9.48. The molecule has 3 N–H and O–H groups in total. The Hall–Kier alpha value is -3.60. The van der Waals surface area contributed by atoms with Gasteiger partial charge < -0.3 is 20.5 Å². The lowest BCUT2D eigenvalue weighted by molar-refractivity contribution is -0.727. The Bertz CT molecular complexity index is 927. The molecule has 1 aromatic rings. The summed E-state index contributed by atoms with van der Waals surface area (Å²) in [4.78, 5) is 35.8. The lowest BCUT2D eigenvalue weighted by atomic mass is 9.99. The van der Waals surface area contributed by atoms with Gasteiger partial charge in [0, 0.05) is 24.1 Å². The minimum atomic E-state index is -1.06. The topological polar surface area (TPSA) is 109 Å². The molecule has 0 aliphatic heterocycles.